The standard InChI is InChI=1S/C26H24F2N2O2/c1-26(2,3)29-24(31)23-19-10-6-7-11-20(19)25(32)30(23)15-17-8-4-5-9-18(17)16-12-13-21(27)22(28)14-16/h4-14,23H,15H2,1-3H3,(H,29,31)/t23-/m0/s1. The molecule has 1 atom stereocenters. The van der Waals surface area contributed by atoms with Gasteiger partial charge in [0, 0.05) is 17.6 Å². The van der Waals surface area contributed by atoms with Crippen LogP contribution in [0.3, 0.4) is 0 Å². The minimum Gasteiger partial charge on any atom is -0.349 e. The Kier molecular flexibility index (Phi) is 5.55. The van der Waals surface area contributed by atoms with Gasteiger partial charge in [-0.1, -0.05) is 48.5 Å². The average Bonchev–Trinajstić information content (AvgIpc) is 3.01. The summed E-state index contributed by atoms with van der Waals surface area (Å²) in [6.45, 7) is 5.80. The molecule has 0 radical (unpaired) electrons. The number of rotatable bonds is 4. The minimum atomic E-state index is -0.940. The van der Waals surface area contributed by atoms with E-state index in [4.69, 9.17) is 0 Å². The molecule has 0 unspecified atom stereocenters. The molecule has 4 rings (SSSR count). The highest BCUT2D eigenvalue weighted by Crippen LogP contribution is 2.37. The summed E-state index contributed by atoms with van der Waals surface area (Å²) in [5.74, 6) is -2.37. The first-order valence-corrected chi connectivity index (χ1v) is 10.4. The van der Waals surface area contributed by atoms with Crippen LogP contribution in [-0.2, 0) is 11.3 Å². The second kappa shape index (κ2) is 8.19. The first-order chi connectivity index (χ1) is 15.2. The second-order valence-corrected chi connectivity index (χ2v) is 8.95. The molecule has 6 heteroatoms. The van der Waals surface area contributed by atoms with Crippen molar-refractivity contribution in [3.8, 4) is 11.1 Å². The molecule has 1 N–H and O–H groups in total. The van der Waals surface area contributed by atoms with Gasteiger partial charge in [-0.15, -0.1) is 0 Å². The van der Waals surface area contributed by atoms with Crippen LogP contribution >= 0.6 is 0 Å². The Hall–Kier alpha value is -3.54. The Labute approximate surface area is 185 Å². The zero-order valence-electron chi connectivity index (χ0n) is 18.2. The Bertz CT molecular complexity index is 1200. The SMILES string of the molecule is CC(C)(C)NC(=O)[C@@H]1c2ccccc2C(=O)N1Cc1ccccc1-c1ccc(F)c(F)c1. The van der Waals surface area contributed by atoms with Gasteiger partial charge in [0.05, 0.1) is 0 Å². The number of hydrogen-bond acceptors (Lipinski definition) is 2. The summed E-state index contributed by atoms with van der Waals surface area (Å²) in [6, 6.07) is 17.3. The van der Waals surface area contributed by atoms with Crippen molar-refractivity contribution in [3.05, 3.63) is 95.1 Å². The molecule has 0 saturated heterocycles. The zero-order chi connectivity index (χ0) is 23.0. The number of fused-ring (bicyclic) bond motifs is 1. The van der Waals surface area contributed by atoms with Crippen LogP contribution < -0.4 is 5.32 Å². The number of benzene rings is 3. The quantitative estimate of drug-likeness (QED) is 0.610. The third-order valence-corrected chi connectivity index (χ3v) is 5.39. The lowest BCUT2D eigenvalue weighted by molar-refractivity contribution is -0.127. The van der Waals surface area contributed by atoms with Crippen molar-refractivity contribution >= 4 is 11.8 Å². The molecule has 164 valence electrons. The predicted octanol–water partition coefficient (Wildman–Crippen LogP) is 5.24. The molecule has 4 nitrogen and oxygen atoms in total. The Morgan fingerprint density at radius 2 is 1.59 bits per heavy atom. The number of carbonyl (C=O) groups excluding carboxylic acids is 2. The summed E-state index contributed by atoms with van der Waals surface area (Å²) in [5.41, 5.74) is 2.58. The van der Waals surface area contributed by atoms with Gasteiger partial charge in [0.2, 0.25) is 5.91 Å². The molecule has 0 aliphatic carbocycles. The van der Waals surface area contributed by atoms with Gasteiger partial charge in [-0.3, -0.25) is 9.59 Å². The lowest BCUT2D eigenvalue weighted by Gasteiger charge is -2.29. The summed E-state index contributed by atoms with van der Waals surface area (Å²) >= 11 is 0. The normalized spacial score (nSPS) is 15.6. The summed E-state index contributed by atoms with van der Waals surface area (Å²) < 4.78 is 27.3. The van der Waals surface area contributed by atoms with Gasteiger partial charge in [-0.05, 0) is 61.2 Å². The van der Waals surface area contributed by atoms with Crippen molar-refractivity contribution in [2.24, 2.45) is 0 Å². The zero-order valence-corrected chi connectivity index (χ0v) is 18.2. The van der Waals surface area contributed by atoms with Gasteiger partial charge < -0.3 is 10.2 Å². The van der Waals surface area contributed by atoms with E-state index in [1.54, 1.807) is 30.3 Å². The molecule has 1 aliphatic rings. The van der Waals surface area contributed by atoms with Crippen molar-refractivity contribution in [2.75, 3.05) is 0 Å². The summed E-state index contributed by atoms with van der Waals surface area (Å²) in [7, 11) is 0. The van der Waals surface area contributed by atoms with Crippen LogP contribution in [0.4, 0.5) is 8.78 Å². The first kappa shape index (κ1) is 21.7. The molecule has 0 aromatic heterocycles. The fraction of sp³-hybridized carbons (Fsp3) is 0.231. The monoisotopic (exact) mass is 434 g/mol. The first-order valence-electron chi connectivity index (χ1n) is 10.4. The lowest BCUT2D eigenvalue weighted by atomic mass is 9.98. The number of carbonyl (C=O) groups is 2. The Balaban J connectivity index is 1.74. The van der Waals surface area contributed by atoms with E-state index < -0.39 is 23.2 Å². The van der Waals surface area contributed by atoms with Crippen LogP contribution in [0.1, 0.15) is 48.3 Å². The van der Waals surface area contributed by atoms with E-state index in [-0.39, 0.29) is 18.4 Å². The van der Waals surface area contributed by atoms with Crippen molar-refractivity contribution in [2.45, 2.75) is 38.9 Å². The lowest BCUT2D eigenvalue weighted by Crippen LogP contribution is -2.46. The number of nitrogens with one attached hydrogen (secondary N) is 1. The van der Waals surface area contributed by atoms with Crippen LogP contribution in [0.5, 0.6) is 0 Å². The fourth-order valence-corrected chi connectivity index (χ4v) is 4.04. The maximum absolute atomic E-state index is 13.9. The Morgan fingerprint density at radius 3 is 2.28 bits per heavy atom. The van der Waals surface area contributed by atoms with Crippen LogP contribution in [0.2, 0.25) is 0 Å². The molecule has 0 fully saturated rings. The molecular formula is C26H24F2N2O2. The highest BCUT2D eigenvalue weighted by atomic mass is 19.2. The van der Waals surface area contributed by atoms with Crippen LogP contribution in [-0.4, -0.2) is 22.3 Å². The van der Waals surface area contributed by atoms with Crippen molar-refractivity contribution in [1.82, 2.24) is 10.2 Å². The van der Waals surface area contributed by atoms with E-state index in [2.05, 4.69) is 5.32 Å². The van der Waals surface area contributed by atoms with E-state index in [0.717, 1.165) is 17.7 Å². The molecule has 1 heterocycles. The number of halogens is 2. The topological polar surface area (TPSA) is 49.4 Å². The number of amides is 2. The molecule has 3 aromatic rings. The van der Waals surface area contributed by atoms with E-state index >= 15 is 0 Å². The summed E-state index contributed by atoms with van der Waals surface area (Å²) in [5, 5.41) is 2.97. The van der Waals surface area contributed by atoms with Crippen molar-refractivity contribution in [3.63, 3.8) is 0 Å². The molecule has 0 bridgehead atoms. The molecule has 2 amide bonds. The van der Waals surface area contributed by atoms with E-state index in [1.165, 1.54) is 11.0 Å². The van der Waals surface area contributed by atoms with Gasteiger partial charge in [0.25, 0.3) is 5.91 Å². The maximum Gasteiger partial charge on any atom is 0.255 e. The largest absolute Gasteiger partial charge is 0.349 e. The molecule has 0 spiro atoms. The van der Waals surface area contributed by atoms with Crippen LogP contribution in [0.25, 0.3) is 11.1 Å². The predicted molar refractivity (Wildman–Crippen MR) is 119 cm³/mol. The van der Waals surface area contributed by atoms with E-state index in [1.807, 2.05) is 39.0 Å². The maximum atomic E-state index is 13.9. The van der Waals surface area contributed by atoms with Crippen molar-refractivity contribution < 1.29 is 18.4 Å². The third kappa shape index (κ3) is 4.13. The molecule has 32 heavy (non-hydrogen) atoms. The summed E-state index contributed by atoms with van der Waals surface area (Å²) in [6.07, 6.45) is 0. The van der Waals surface area contributed by atoms with Gasteiger partial charge in [-0.2, -0.15) is 0 Å². The molecule has 3 aromatic carbocycles. The van der Waals surface area contributed by atoms with Crippen molar-refractivity contribution in [1.29, 1.82) is 0 Å². The van der Waals surface area contributed by atoms with Gasteiger partial charge in [0.15, 0.2) is 11.6 Å². The second-order valence-electron chi connectivity index (χ2n) is 8.95. The van der Waals surface area contributed by atoms with Gasteiger partial charge >= 0.3 is 0 Å². The minimum absolute atomic E-state index is 0.144. The van der Waals surface area contributed by atoms with Crippen LogP contribution in [0.15, 0.2) is 66.7 Å². The number of nitrogens with zero attached hydrogens (tertiary/aromatic N) is 1. The highest BCUT2D eigenvalue weighted by Gasteiger charge is 2.41. The van der Waals surface area contributed by atoms with E-state index in [9.17, 15) is 18.4 Å². The fourth-order valence-electron chi connectivity index (χ4n) is 4.04. The highest BCUT2D eigenvalue weighted by molar-refractivity contribution is 6.04. The average molecular weight is 434 g/mol. The van der Waals surface area contributed by atoms with Gasteiger partial charge in [-0.25, -0.2) is 8.78 Å². The molecular weight excluding hydrogens is 410 g/mol. The number of hydrogen-bond donors (Lipinski definition) is 1. The smallest absolute Gasteiger partial charge is 0.255 e. The molecule has 0 saturated carbocycles. The van der Waals surface area contributed by atoms with Crippen LogP contribution in [0, 0.1) is 11.6 Å². The molecule has 1 aliphatic heterocycles. The van der Waals surface area contributed by atoms with Gasteiger partial charge in [0.1, 0.15) is 6.04 Å². The Morgan fingerprint density at radius 1 is 0.938 bits per heavy atom. The van der Waals surface area contributed by atoms with E-state index in [0.29, 0.717) is 22.3 Å². The summed E-state index contributed by atoms with van der Waals surface area (Å²) in [4.78, 5) is 28.0. The third-order valence-electron chi connectivity index (χ3n) is 5.39.